The minimum Gasteiger partial charge on any atom is -0.361 e. The maximum Gasteiger partial charge on any atom is 0.173 e. The molecule has 0 spiro atoms. The fraction of sp³-hybridized carbons (Fsp3) is 0.375. The van der Waals surface area contributed by atoms with E-state index in [2.05, 4.69) is 95.6 Å². The first kappa shape index (κ1) is 21.3. The third-order valence-electron chi connectivity index (χ3n) is 5.39. The molecule has 1 heterocycles. The lowest BCUT2D eigenvalue weighted by atomic mass is 10.1. The number of benzene rings is 2. The van der Waals surface area contributed by atoms with Gasteiger partial charge in [-0.25, -0.2) is 0 Å². The number of H-pyrrole nitrogens is 1. The zero-order valence-corrected chi connectivity index (χ0v) is 18.6. The second-order valence-corrected chi connectivity index (χ2v) is 7.85. The van der Waals surface area contributed by atoms with Crippen LogP contribution in [0, 0.1) is 6.92 Å². The van der Waals surface area contributed by atoms with E-state index in [1.807, 2.05) is 0 Å². The van der Waals surface area contributed by atoms with Crippen molar-refractivity contribution in [2.24, 2.45) is 0 Å². The third-order valence-corrected chi connectivity index (χ3v) is 5.75. The average Bonchev–Trinajstić information content (AvgIpc) is 3.13. The van der Waals surface area contributed by atoms with Gasteiger partial charge in [0.1, 0.15) is 0 Å². The summed E-state index contributed by atoms with van der Waals surface area (Å²) in [6, 6.07) is 16.8. The predicted octanol–water partition coefficient (Wildman–Crippen LogP) is 5.41. The SMILES string of the molecule is CCN(CC)CCCN(Cc1c[nH]c2ccccc12)C(=S)Nc1cccc(C)c1. The molecule has 5 heteroatoms. The third kappa shape index (κ3) is 5.81. The van der Waals surface area contributed by atoms with E-state index in [4.69, 9.17) is 12.2 Å². The number of nitrogens with one attached hydrogen (secondary N) is 2. The van der Waals surface area contributed by atoms with Gasteiger partial charge in [0.05, 0.1) is 0 Å². The largest absolute Gasteiger partial charge is 0.361 e. The Morgan fingerprint density at radius 1 is 1.03 bits per heavy atom. The monoisotopic (exact) mass is 408 g/mol. The van der Waals surface area contributed by atoms with Crippen molar-refractivity contribution in [3.05, 3.63) is 65.9 Å². The molecular weight excluding hydrogens is 376 g/mol. The number of thiocarbonyl (C=S) groups is 1. The van der Waals surface area contributed by atoms with E-state index < -0.39 is 0 Å². The van der Waals surface area contributed by atoms with Crippen LogP contribution in [0.1, 0.15) is 31.4 Å². The summed E-state index contributed by atoms with van der Waals surface area (Å²) in [6.45, 7) is 11.5. The van der Waals surface area contributed by atoms with Gasteiger partial charge in [-0.05, 0) is 74.5 Å². The van der Waals surface area contributed by atoms with Gasteiger partial charge in [-0.15, -0.1) is 0 Å². The Bertz CT molecular complexity index is 929. The smallest absolute Gasteiger partial charge is 0.173 e. The molecule has 0 fully saturated rings. The summed E-state index contributed by atoms with van der Waals surface area (Å²) in [6.07, 6.45) is 3.19. The number of aryl methyl sites for hydroxylation is 1. The van der Waals surface area contributed by atoms with Crippen LogP contribution >= 0.6 is 12.2 Å². The molecule has 0 bridgehead atoms. The molecule has 0 saturated heterocycles. The Balaban J connectivity index is 1.74. The average molecular weight is 409 g/mol. The molecule has 0 aliphatic carbocycles. The molecule has 0 atom stereocenters. The first-order chi connectivity index (χ1) is 14.1. The molecule has 0 radical (unpaired) electrons. The van der Waals surface area contributed by atoms with Gasteiger partial charge in [0.25, 0.3) is 0 Å². The predicted molar refractivity (Wildman–Crippen MR) is 129 cm³/mol. The second kappa shape index (κ2) is 10.4. The van der Waals surface area contributed by atoms with E-state index >= 15 is 0 Å². The number of fused-ring (bicyclic) bond motifs is 1. The molecule has 0 aliphatic rings. The first-order valence-corrected chi connectivity index (χ1v) is 10.9. The zero-order valence-electron chi connectivity index (χ0n) is 17.7. The van der Waals surface area contributed by atoms with E-state index in [1.165, 1.54) is 22.0 Å². The van der Waals surface area contributed by atoms with E-state index in [-0.39, 0.29) is 0 Å². The van der Waals surface area contributed by atoms with Crippen molar-refractivity contribution < 1.29 is 0 Å². The Morgan fingerprint density at radius 3 is 2.59 bits per heavy atom. The van der Waals surface area contributed by atoms with Crippen LogP contribution in [0.4, 0.5) is 5.69 Å². The van der Waals surface area contributed by atoms with Gasteiger partial charge in [-0.3, -0.25) is 0 Å². The fourth-order valence-corrected chi connectivity index (χ4v) is 3.94. The standard InChI is InChI=1S/C24H32N4S/c1-4-27(5-2)14-9-15-28(24(29)26-21-11-8-10-19(3)16-21)18-20-17-25-23-13-7-6-12-22(20)23/h6-8,10-13,16-17,25H,4-5,9,14-15,18H2,1-3H3,(H,26,29). The molecule has 29 heavy (non-hydrogen) atoms. The highest BCUT2D eigenvalue weighted by Gasteiger charge is 2.14. The second-order valence-electron chi connectivity index (χ2n) is 7.46. The molecule has 3 aromatic rings. The van der Waals surface area contributed by atoms with Crippen molar-refractivity contribution in [1.82, 2.24) is 14.8 Å². The summed E-state index contributed by atoms with van der Waals surface area (Å²) < 4.78 is 0. The van der Waals surface area contributed by atoms with Crippen LogP contribution in [0.5, 0.6) is 0 Å². The number of hydrogen-bond donors (Lipinski definition) is 2. The Labute approximate surface area is 179 Å². The van der Waals surface area contributed by atoms with E-state index in [0.717, 1.165) is 49.9 Å². The van der Waals surface area contributed by atoms with Gasteiger partial charge in [0, 0.05) is 35.9 Å². The van der Waals surface area contributed by atoms with E-state index in [1.54, 1.807) is 0 Å². The van der Waals surface area contributed by atoms with Gasteiger partial charge >= 0.3 is 0 Å². The van der Waals surface area contributed by atoms with E-state index in [0.29, 0.717) is 0 Å². The summed E-state index contributed by atoms with van der Waals surface area (Å²) in [5, 5.41) is 5.48. The lowest BCUT2D eigenvalue weighted by Crippen LogP contribution is -2.36. The van der Waals surface area contributed by atoms with Crippen LogP contribution in [0.25, 0.3) is 10.9 Å². The molecule has 3 rings (SSSR count). The quantitative estimate of drug-likeness (QED) is 0.464. The molecule has 4 nitrogen and oxygen atoms in total. The first-order valence-electron chi connectivity index (χ1n) is 10.5. The highest BCUT2D eigenvalue weighted by atomic mass is 32.1. The summed E-state index contributed by atoms with van der Waals surface area (Å²) >= 11 is 5.82. The molecule has 0 unspecified atom stereocenters. The number of aromatic nitrogens is 1. The lowest BCUT2D eigenvalue weighted by molar-refractivity contribution is 0.281. The van der Waals surface area contributed by atoms with Gasteiger partial charge in [0.2, 0.25) is 0 Å². The molecule has 1 aromatic heterocycles. The Kier molecular flexibility index (Phi) is 7.67. The Hall–Kier alpha value is -2.37. The van der Waals surface area contributed by atoms with Crippen molar-refractivity contribution in [2.45, 2.75) is 33.7 Å². The molecule has 0 saturated carbocycles. The van der Waals surface area contributed by atoms with Crippen molar-refractivity contribution >= 4 is 33.9 Å². The van der Waals surface area contributed by atoms with E-state index in [9.17, 15) is 0 Å². The van der Waals surface area contributed by atoms with Gasteiger partial charge in [0.15, 0.2) is 5.11 Å². The van der Waals surface area contributed by atoms with Crippen LogP contribution in [-0.4, -0.2) is 46.1 Å². The number of hydrogen-bond acceptors (Lipinski definition) is 2. The highest BCUT2D eigenvalue weighted by Crippen LogP contribution is 2.20. The van der Waals surface area contributed by atoms with Gasteiger partial charge in [-0.1, -0.05) is 44.2 Å². The molecule has 154 valence electrons. The van der Waals surface area contributed by atoms with Crippen molar-refractivity contribution in [1.29, 1.82) is 0 Å². The highest BCUT2D eigenvalue weighted by molar-refractivity contribution is 7.80. The Morgan fingerprint density at radius 2 is 1.83 bits per heavy atom. The number of para-hydroxylation sites is 1. The van der Waals surface area contributed by atoms with Gasteiger partial charge < -0.3 is 20.1 Å². The number of anilines is 1. The minimum atomic E-state index is 0.778. The maximum atomic E-state index is 5.82. The van der Waals surface area contributed by atoms with Crippen LogP contribution in [0.15, 0.2) is 54.7 Å². The molecular formula is C24H32N4S. The minimum absolute atomic E-state index is 0.778. The summed E-state index contributed by atoms with van der Waals surface area (Å²) in [7, 11) is 0. The van der Waals surface area contributed by atoms with Crippen molar-refractivity contribution in [3.8, 4) is 0 Å². The molecule has 2 N–H and O–H groups in total. The van der Waals surface area contributed by atoms with Crippen molar-refractivity contribution in [3.63, 3.8) is 0 Å². The molecule has 0 amide bonds. The zero-order chi connectivity index (χ0) is 20.6. The number of aromatic amines is 1. The van der Waals surface area contributed by atoms with Crippen LogP contribution in [-0.2, 0) is 6.54 Å². The normalized spacial score (nSPS) is 11.2. The van der Waals surface area contributed by atoms with Crippen LogP contribution in [0.3, 0.4) is 0 Å². The lowest BCUT2D eigenvalue weighted by Gasteiger charge is -2.27. The fourth-order valence-electron chi connectivity index (χ4n) is 3.67. The molecule has 0 aliphatic heterocycles. The van der Waals surface area contributed by atoms with Gasteiger partial charge in [-0.2, -0.15) is 0 Å². The summed E-state index contributed by atoms with van der Waals surface area (Å²) in [5.74, 6) is 0. The maximum absolute atomic E-state index is 5.82. The topological polar surface area (TPSA) is 34.3 Å². The van der Waals surface area contributed by atoms with Crippen LogP contribution in [0.2, 0.25) is 0 Å². The summed E-state index contributed by atoms with van der Waals surface area (Å²) in [4.78, 5) is 8.13. The van der Waals surface area contributed by atoms with Crippen molar-refractivity contribution in [2.75, 3.05) is 31.5 Å². The number of nitrogens with zero attached hydrogens (tertiary/aromatic N) is 2. The summed E-state index contributed by atoms with van der Waals surface area (Å²) in [5.41, 5.74) is 4.71. The van der Waals surface area contributed by atoms with Crippen LogP contribution < -0.4 is 5.32 Å². The molecule has 2 aromatic carbocycles. The number of rotatable bonds is 9.